The summed E-state index contributed by atoms with van der Waals surface area (Å²) < 4.78 is 0. The van der Waals surface area contributed by atoms with E-state index in [0.29, 0.717) is 16.2 Å². The highest BCUT2D eigenvalue weighted by Gasteiger charge is 2.42. The largest absolute Gasteiger partial charge is 0.0599 e. The van der Waals surface area contributed by atoms with Gasteiger partial charge in [0.15, 0.2) is 0 Å². The van der Waals surface area contributed by atoms with Crippen LogP contribution in [0.15, 0.2) is 0 Å². The topological polar surface area (TPSA) is 0 Å². The highest BCUT2D eigenvalue weighted by molar-refractivity contribution is 4.92. The zero-order chi connectivity index (χ0) is 14.4. The van der Waals surface area contributed by atoms with Crippen molar-refractivity contribution in [1.29, 1.82) is 0 Å². The van der Waals surface area contributed by atoms with E-state index in [1.807, 2.05) is 0 Å². The van der Waals surface area contributed by atoms with Gasteiger partial charge >= 0.3 is 0 Å². The molecule has 1 aliphatic rings. The summed E-state index contributed by atoms with van der Waals surface area (Å²) in [6.07, 6.45) is 4.29. The molecule has 0 N–H and O–H groups in total. The van der Waals surface area contributed by atoms with E-state index < -0.39 is 0 Å². The lowest BCUT2D eigenvalue weighted by Gasteiger charge is -2.49. The summed E-state index contributed by atoms with van der Waals surface area (Å²) in [7, 11) is 0. The van der Waals surface area contributed by atoms with E-state index in [1.165, 1.54) is 19.3 Å². The van der Waals surface area contributed by atoms with E-state index in [4.69, 9.17) is 0 Å². The number of hydrogen-bond donors (Lipinski definition) is 0. The molecule has 1 rings (SSSR count). The molecular formula is C18H36. The predicted octanol–water partition coefficient (Wildman–Crippen LogP) is 6.16. The van der Waals surface area contributed by atoms with Crippen molar-refractivity contribution in [2.24, 2.45) is 34.0 Å². The number of hydrogen-bond acceptors (Lipinski definition) is 0. The van der Waals surface area contributed by atoms with E-state index in [1.54, 1.807) is 0 Å². The lowest BCUT2D eigenvalue weighted by atomic mass is 9.56. The van der Waals surface area contributed by atoms with Crippen molar-refractivity contribution in [3.05, 3.63) is 0 Å². The van der Waals surface area contributed by atoms with Crippen LogP contribution in [0.4, 0.5) is 0 Å². The summed E-state index contributed by atoms with van der Waals surface area (Å²) in [6, 6.07) is 0. The standard InChI is InChI=1S/C18H36/c1-16(2,3)13-10-14(17(4,5)6)12-15(11-13)18(7,8)9/h13-15H,10-12H2,1-9H3. The first kappa shape index (κ1) is 16.1. The SMILES string of the molecule is CC(C)(C)C1CC(C(C)(C)C)CC(C(C)(C)C)C1. The molecule has 1 aliphatic carbocycles. The molecule has 0 amide bonds. The predicted molar refractivity (Wildman–Crippen MR) is 82.7 cm³/mol. The molecule has 0 unspecified atom stereocenters. The van der Waals surface area contributed by atoms with Crippen LogP contribution in [0.1, 0.15) is 81.6 Å². The maximum atomic E-state index is 2.43. The summed E-state index contributed by atoms with van der Waals surface area (Å²) in [4.78, 5) is 0. The Hall–Kier alpha value is 0. The van der Waals surface area contributed by atoms with Gasteiger partial charge in [-0.2, -0.15) is 0 Å². The minimum Gasteiger partial charge on any atom is -0.0599 e. The van der Waals surface area contributed by atoms with Gasteiger partial charge in [-0.3, -0.25) is 0 Å². The second-order valence-electron chi connectivity index (χ2n) is 9.90. The maximum absolute atomic E-state index is 2.43. The quantitative estimate of drug-likeness (QED) is 0.484. The van der Waals surface area contributed by atoms with E-state index >= 15 is 0 Å². The average molecular weight is 252 g/mol. The third-order valence-electron chi connectivity index (χ3n) is 5.38. The van der Waals surface area contributed by atoms with Gasteiger partial charge in [-0.15, -0.1) is 0 Å². The van der Waals surface area contributed by atoms with Crippen LogP contribution in [-0.4, -0.2) is 0 Å². The molecule has 0 heterocycles. The van der Waals surface area contributed by atoms with Crippen molar-refractivity contribution in [2.75, 3.05) is 0 Å². The molecule has 0 aromatic rings. The van der Waals surface area contributed by atoms with E-state index in [9.17, 15) is 0 Å². The minimum absolute atomic E-state index is 0.466. The van der Waals surface area contributed by atoms with Crippen molar-refractivity contribution in [3.8, 4) is 0 Å². The molecule has 0 nitrogen and oxygen atoms in total. The molecule has 108 valence electrons. The first-order valence-electron chi connectivity index (χ1n) is 7.82. The van der Waals surface area contributed by atoms with Crippen LogP contribution in [0.2, 0.25) is 0 Å². The van der Waals surface area contributed by atoms with E-state index in [-0.39, 0.29) is 0 Å². The molecule has 0 aliphatic heterocycles. The summed E-state index contributed by atoms with van der Waals surface area (Å²) >= 11 is 0. The second kappa shape index (κ2) is 4.84. The molecule has 1 fully saturated rings. The zero-order valence-electron chi connectivity index (χ0n) is 14.4. The first-order valence-corrected chi connectivity index (χ1v) is 7.82. The van der Waals surface area contributed by atoms with Gasteiger partial charge in [-0.05, 0) is 53.3 Å². The van der Waals surface area contributed by atoms with Crippen LogP contribution >= 0.6 is 0 Å². The molecule has 0 aromatic heterocycles. The molecular weight excluding hydrogens is 216 g/mol. The average Bonchev–Trinajstić information content (AvgIpc) is 2.13. The summed E-state index contributed by atoms with van der Waals surface area (Å²) in [5, 5.41) is 0. The van der Waals surface area contributed by atoms with Gasteiger partial charge < -0.3 is 0 Å². The summed E-state index contributed by atoms with van der Waals surface area (Å²) in [5.74, 6) is 2.67. The van der Waals surface area contributed by atoms with E-state index in [2.05, 4.69) is 62.3 Å². The van der Waals surface area contributed by atoms with Crippen molar-refractivity contribution < 1.29 is 0 Å². The van der Waals surface area contributed by atoms with Gasteiger partial charge in [0.1, 0.15) is 0 Å². The monoisotopic (exact) mass is 252 g/mol. The Bertz CT molecular complexity index is 212. The van der Waals surface area contributed by atoms with Crippen LogP contribution in [0, 0.1) is 34.0 Å². The molecule has 0 aromatic carbocycles. The lowest BCUT2D eigenvalue weighted by Crippen LogP contribution is -2.40. The lowest BCUT2D eigenvalue weighted by molar-refractivity contribution is 0.0111. The van der Waals surface area contributed by atoms with Crippen LogP contribution in [0.5, 0.6) is 0 Å². The van der Waals surface area contributed by atoms with Crippen molar-refractivity contribution >= 4 is 0 Å². The third kappa shape index (κ3) is 4.00. The van der Waals surface area contributed by atoms with Crippen LogP contribution in [0.3, 0.4) is 0 Å². The van der Waals surface area contributed by atoms with Crippen molar-refractivity contribution in [2.45, 2.75) is 81.6 Å². The van der Waals surface area contributed by atoms with E-state index in [0.717, 1.165) is 17.8 Å². The molecule has 0 bridgehead atoms. The summed E-state index contributed by atoms with van der Waals surface area (Å²) in [5.41, 5.74) is 1.40. The second-order valence-corrected chi connectivity index (χ2v) is 9.90. The maximum Gasteiger partial charge on any atom is -0.0354 e. The van der Waals surface area contributed by atoms with Gasteiger partial charge in [-0.1, -0.05) is 62.3 Å². The zero-order valence-corrected chi connectivity index (χ0v) is 14.4. The molecule has 0 heteroatoms. The minimum atomic E-state index is 0.466. The fraction of sp³-hybridized carbons (Fsp3) is 1.00. The van der Waals surface area contributed by atoms with Gasteiger partial charge in [0.25, 0.3) is 0 Å². The third-order valence-corrected chi connectivity index (χ3v) is 5.38. The Labute approximate surface area is 116 Å². The fourth-order valence-electron chi connectivity index (χ4n) is 3.44. The first-order chi connectivity index (χ1) is 7.82. The van der Waals surface area contributed by atoms with Crippen LogP contribution < -0.4 is 0 Å². The fourth-order valence-corrected chi connectivity index (χ4v) is 3.44. The highest BCUT2D eigenvalue weighted by Crippen LogP contribution is 2.52. The van der Waals surface area contributed by atoms with Crippen molar-refractivity contribution in [1.82, 2.24) is 0 Å². The van der Waals surface area contributed by atoms with Gasteiger partial charge in [0.2, 0.25) is 0 Å². The van der Waals surface area contributed by atoms with Gasteiger partial charge in [0, 0.05) is 0 Å². The molecule has 18 heavy (non-hydrogen) atoms. The highest BCUT2D eigenvalue weighted by atomic mass is 14.5. The Morgan fingerprint density at radius 1 is 0.444 bits per heavy atom. The Kier molecular flexibility index (Phi) is 4.31. The smallest absolute Gasteiger partial charge is 0.0354 e. The normalized spacial score (nSPS) is 31.5. The Morgan fingerprint density at radius 3 is 0.722 bits per heavy atom. The van der Waals surface area contributed by atoms with Gasteiger partial charge in [-0.25, -0.2) is 0 Å². The van der Waals surface area contributed by atoms with Gasteiger partial charge in [0.05, 0.1) is 0 Å². The molecule has 0 atom stereocenters. The Balaban J connectivity index is 2.93. The number of rotatable bonds is 0. The summed E-state index contributed by atoms with van der Waals surface area (Å²) in [6.45, 7) is 21.9. The molecule has 1 saturated carbocycles. The molecule has 0 saturated heterocycles. The Morgan fingerprint density at radius 2 is 0.611 bits per heavy atom. The van der Waals surface area contributed by atoms with Crippen molar-refractivity contribution in [3.63, 3.8) is 0 Å². The van der Waals surface area contributed by atoms with Crippen LogP contribution in [0.25, 0.3) is 0 Å². The molecule has 0 spiro atoms. The van der Waals surface area contributed by atoms with Crippen LogP contribution in [-0.2, 0) is 0 Å². The molecule has 0 radical (unpaired) electrons.